The Morgan fingerprint density at radius 1 is 1.50 bits per heavy atom. The Balaban J connectivity index is 3.68. The molecule has 0 bridgehead atoms. The number of nitrogens with one attached hydrogen (secondary N) is 1. The Morgan fingerprint density at radius 2 is 2.07 bits per heavy atom. The predicted octanol–water partition coefficient (Wildman–Crippen LogP) is 0.848. The van der Waals surface area contributed by atoms with E-state index in [2.05, 4.69) is 5.32 Å². The van der Waals surface area contributed by atoms with E-state index in [0.29, 0.717) is 13.1 Å². The van der Waals surface area contributed by atoms with Gasteiger partial charge in [-0.1, -0.05) is 13.3 Å². The van der Waals surface area contributed by atoms with Gasteiger partial charge in [-0.3, -0.25) is 4.79 Å². The number of carboxylic acids is 1. The first-order valence-electron chi connectivity index (χ1n) is 5.02. The van der Waals surface area contributed by atoms with Crippen LogP contribution < -0.4 is 5.32 Å². The third-order valence-electron chi connectivity index (χ3n) is 2.15. The summed E-state index contributed by atoms with van der Waals surface area (Å²) in [6.07, 6.45) is 1.32. The van der Waals surface area contributed by atoms with Gasteiger partial charge in [-0.15, -0.1) is 0 Å². The molecule has 0 rings (SSSR count). The van der Waals surface area contributed by atoms with E-state index in [1.54, 1.807) is 13.8 Å². The molecule has 0 radical (unpaired) electrons. The van der Waals surface area contributed by atoms with Crippen molar-refractivity contribution in [2.75, 3.05) is 13.1 Å². The molecule has 0 fully saturated rings. The summed E-state index contributed by atoms with van der Waals surface area (Å²) in [6, 6.07) is 0. The van der Waals surface area contributed by atoms with Crippen molar-refractivity contribution in [2.24, 2.45) is 5.41 Å². The lowest BCUT2D eigenvalue weighted by atomic mass is 9.94. The average Bonchev–Trinajstić information content (AvgIpc) is 2.04. The van der Waals surface area contributed by atoms with E-state index < -0.39 is 11.4 Å². The zero-order valence-corrected chi connectivity index (χ0v) is 9.21. The Kier molecular flexibility index (Phi) is 5.72. The molecule has 0 aliphatic carbocycles. The first-order chi connectivity index (χ1) is 6.40. The highest BCUT2D eigenvalue weighted by molar-refractivity contribution is 5.73. The molecule has 0 aromatic carbocycles. The number of aliphatic hydroxyl groups is 1. The lowest BCUT2D eigenvalue weighted by Gasteiger charge is -2.20. The SMILES string of the molecule is CCCC(O)CNCC(C)(C)C(=O)O. The van der Waals surface area contributed by atoms with Crippen LogP contribution in [0.4, 0.5) is 0 Å². The minimum absolute atomic E-state index is 0.371. The Bertz CT molecular complexity index is 180. The molecule has 0 aliphatic rings. The second-order valence-corrected chi connectivity index (χ2v) is 4.26. The maximum Gasteiger partial charge on any atom is 0.310 e. The maximum atomic E-state index is 10.7. The maximum absolute atomic E-state index is 10.7. The van der Waals surface area contributed by atoms with Crippen molar-refractivity contribution < 1.29 is 15.0 Å². The van der Waals surface area contributed by atoms with Crippen LogP contribution in [0.3, 0.4) is 0 Å². The third-order valence-corrected chi connectivity index (χ3v) is 2.15. The molecule has 0 amide bonds. The summed E-state index contributed by atoms with van der Waals surface area (Å²) in [7, 11) is 0. The average molecular weight is 203 g/mol. The number of aliphatic carboxylic acids is 1. The standard InChI is InChI=1S/C10H21NO3/c1-4-5-8(12)6-11-7-10(2,3)9(13)14/h8,11-12H,4-7H2,1-3H3,(H,13,14). The topological polar surface area (TPSA) is 69.6 Å². The first-order valence-corrected chi connectivity index (χ1v) is 5.02. The van der Waals surface area contributed by atoms with Crippen molar-refractivity contribution in [3.05, 3.63) is 0 Å². The molecule has 1 atom stereocenters. The van der Waals surface area contributed by atoms with Gasteiger partial charge in [0.25, 0.3) is 0 Å². The summed E-state index contributed by atoms with van der Waals surface area (Å²) in [4.78, 5) is 10.7. The van der Waals surface area contributed by atoms with Crippen LogP contribution in [-0.2, 0) is 4.79 Å². The second-order valence-electron chi connectivity index (χ2n) is 4.26. The van der Waals surface area contributed by atoms with Gasteiger partial charge in [0.05, 0.1) is 11.5 Å². The second kappa shape index (κ2) is 5.98. The number of hydrogen-bond acceptors (Lipinski definition) is 3. The van der Waals surface area contributed by atoms with Crippen molar-refractivity contribution >= 4 is 5.97 Å². The van der Waals surface area contributed by atoms with Gasteiger partial charge in [-0.2, -0.15) is 0 Å². The summed E-state index contributed by atoms with van der Waals surface area (Å²) < 4.78 is 0. The van der Waals surface area contributed by atoms with Gasteiger partial charge in [-0.05, 0) is 20.3 Å². The first kappa shape index (κ1) is 13.4. The van der Waals surface area contributed by atoms with Crippen LogP contribution in [0.5, 0.6) is 0 Å². The number of rotatable bonds is 7. The van der Waals surface area contributed by atoms with Crippen LogP contribution in [0.15, 0.2) is 0 Å². The van der Waals surface area contributed by atoms with E-state index in [0.717, 1.165) is 12.8 Å². The smallest absolute Gasteiger partial charge is 0.310 e. The Hall–Kier alpha value is -0.610. The summed E-state index contributed by atoms with van der Waals surface area (Å²) in [5.41, 5.74) is -0.772. The third kappa shape index (κ3) is 5.19. The number of aliphatic hydroxyl groups excluding tert-OH is 1. The fourth-order valence-corrected chi connectivity index (χ4v) is 1.06. The van der Waals surface area contributed by atoms with Crippen molar-refractivity contribution in [3.8, 4) is 0 Å². The van der Waals surface area contributed by atoms with E-state index in [-0.39, 0.29) is 6.10 Å². The molecular formula is C10H21NO3. The minimum atomic E-state index is -0.824. The lowest BCUT2D eigenvalue weighted by Crippen LogP contribution is -2.39. The molecule has 0 heterocycles. The van der Waals surface area contributed by atoms with Crippen LogP contribution in [0.25, 0.3) is 0 Å². The van der Waals surface area contributed by atoms with Gasteiger partial charge in [0.15, 0.2) is 0 Å². The highest BCUT2D eigenvalue weighted by Gasteiger charge is 2.26. The molecule has 1 unspecified atom stereocenters. The van der Waals surface area contributed by atoms with Crippen LogP contribution in [0.2, 0.25) is 0 Å². The normalized spacial score (nSPS) is 14.0. The van der Waals surface area contributed by atoms with Crippen molar-refractivity contribution in [1.29, 1.82) is 0 Å². The summed E-state index contributed by atoms with van der Waals surface area (Å²) in [6.45, 7) is 6.17. The van der Waals surface area contributed by atoms with Crippen molar-refractivity contribution in [3.63, 3.8) is 0 Å². The number of carboxylic acid groups (broad SMARTS) is 1. The summed E-state index contributed by atoms with van der Waals surface area (Å²) >= 11 is 0. The number of hydrogen-bond donors (Lipinski definition) is 3. The summed E-state index contributed by atoms with van der Waals surface area (Å²) in [5, 5.41) is 21.1. The Morgan fingerprint density at radius 3 is 2.50 bits per heavy atom. The van der Waals surface area contributed by atoms with Gasteiger partial charge >= 0.3 is 5.97 Å². The summed E-state index contributed by atoms with van der Waals surface area (Å²) in [5.74, 6) is -0.824. The van der Waals surface area contributed by atoms with E-state index >= 15 is 0 Å². The quantitative estimate of drug-likeness (QED) is 0.573. The lowest BCUT2D eigenvalue weighted by molar-refractivity contribution is -0.146. The molecule has 3 N–H and O–H groups in total. The van der Waals surface area contributed by atoms with Crippen LogP contribution >= 0.6 is 0 Å². The van der Waals surface area contributed by atoms with Gasteiger partial charge < -0.3 is 15.5 Å². The number of carbonyl (C=O) groups is 1. The van der Waals surface area contributed by atoms with Gasteiger partial charge in [0, 0.05) is 13.1 Å². The zero-order chi connectivity index (χ0) is 11.2. The van der Waals surface area contributed by atoms with E-state index in [4.69, 9.17) is 5.11 Å². The molecular weight excluding hydrogens is 182 g/mol. The van der Waals surface area contributed by atoms with E-state index in [1.165, 1.54) is 0 Å². The molecule has 4 nitrogen and oxygen atoms in total. The molecule has 0 aliphatic heterocycles. The molecule has 0 aromatic rings. The Labute approximate surface area is 85.3 Å². The van der Waals surface area contributed by atoms with Crippen LogP contribution in [-0.4, -0.2) is 35.4 Å². The molecule has 84 valence electrons. The minimum Gasteiger partial charge on any atom is -0.481 e. The largest absolute Gasteiger partial charge is 0.481 e. The fourth-order valence-electron chi connectivity index (χ4n) is 1.06. The predicted molar refractivity (Wildman–Crippen MR) is 55.2 cm³/mol. The van der Waals surface area contributed by atoms with Crippen molar-refractivity contribution in [1.82, 2.24) is 5.32 Å². The molecule has 0 spiro atoms. The zero-order valence-electron chi connectivity index (χ0n) is 9.21. The fraction of sp³-hybridized carbons (Fsp3) is 0.900. The molecule has 0 aromatic heterocycles. The van der Waals surface area contributed by atoms with Crippen molar-refractivity contribution in [2.45, 2.75) is 39.7 Å². The molecule has 0 saturated carbocycles. The molecule has 4 heteroatoms. The van der Waals surface area contributed by atoms with E-state index in [9.17, 15) is 9.90 Å². The molecule has 0 saturated heterocycles. The highest BCUT2D eigenvalue weighted by atomic mass is 16.4. The van der Waals surface area contributed by atoms with E-state index in [1.807, 2.05) is 6.92 Å². The van der Waals surface area contributed by atoms with Gasteiger partial charge in [-0.25, -0.2) is 0 Å². The monoisotopic (exact) mass is 203 g/mol. The molecule has 14 heavy (non-hydrogen) atoms. The van der Waals surface area contributed by atoms with Crippen LogP contribution in [0.1, 0.15) is 33.6 Å². The van der Waals surface area contributed by atoms with Crippen LogP contribution in [0, 0.1) is 5.41 Å². The highest BCUT2D eigenvalue weighted by Crippen LogP contribution is 2.12. The van der Waals surface area contributed by atoms with Gasteiger partial charge in [0.1, 0.15) is 0 Å². The van der Waals surface area contributed by atoms with Gasteiger partial charge in [0.2, 0.25) is 0 Å².